The zero-order valence-electron chi connectivity index (χ0n) is 14.4. The summed E-state index contributed by atoms with van der Waals surface area (Å²) in [6, 6.07) is 7.38. The van der Waals surface area contributed by atoms with Gasteiger partial charge < -0.3 is 9.64 Å². The number of hydrogen-bond donors (Lipinski definition) is 0. The van der Waals surface area contributed by atoms with Crippen molar-refractivity contribution < 1.29 is 14.3 Å². The molecule has 0 aromatic heterocycles. The molecule has 24 heavy (non-hydrogen) atoms. The summed E-state index contributed by atoms with van der Waals surface area (Å²) in [6.07, 6.45) is 3.92. The number of rotatable bonds is 6. The molecule has 5 heteroatoms. The molecule has 0 spiro atoms. The molecule has 2 aliphatic rings. The molecule has 3 rings (SSSR count). The van der Waals surface area contributed by atoms with E-state index < -0.39 is 0 Å². The van der Waals surface area contributed by atoms with Crippen LogP contribution in [-0.2, 0) is 9.59 Å². The van der Waals surface area contributed by atoms with Gasteiger partial charge in [-0.2, -0.15) is 0 Å². The largest absolute Gasteiger partial charge is 0.497 e. The van der Waals surface area contributed by atoms with Gasteiger partial charge in [0.05, 0.1) is 12.7 Å². The van der Waals surface area contributed by atoms with Gasteiger partial charge >= 0.3 is 0 Å². The normalized spacial score (nSPS) is 18.1. The van der Waals surface area contributed by atoms with Crippen LogP contribution >= 0.6 is 0 Å². The van der Waals surface area contributed by atoms with Crippen molar-refractivity contribution in [2.45, 2.75) is 32.6 Å². The lowest BCUT2D eigenvalue weighted by Gasteiger charge is -2.20. The van der Waals surface area contributed by atoms with Gasteiger partial charge in [0.15, 0.2) is 0 Å². The summed E-state index contributed by atoms with van der Waals surface area (Å²) in [6.45, 7) is 4.24. The topological polar surface area (TPSA) is 49.9 Å². The zero-order chi connectivity index (χ0) is 17.1. The van der Waals surface area contributed by atoms with Gasteiger partial charge in [0.25, 0.3) is 11.8 Å². The maximum absolute atomic E-state index is 12.9. The first-order valence-electron chi connectivity index (χ1n) is 8.67. The average molecular weight is 328 g/mol. The van der Waals surface area contributed by atoms with Crippen LogP contribution in [0, 0.1) is 0 Å². The highest BCUT2D eigenvalue weighted by Crippen LogP contribution is 2.34. The van der Waals surface area contributed by atoms with Crippen LogP contribution in [-0.4, -0.2) is 48.4 Å². The van der Waals surface area contributed by atoms with Crippen LogP contribution in [0.15, 0.2) is 30.0 Å². The van der Waals surface area contributed by atoms with Crippen LogP contribution in [0.1, 0.15) is 38.2 Å². The zero-order valence-corrected chi connectivity index (χ0v) is 14.4. The van der Waals surface area contributed by atoms with E-state index in [1.54, 1.807) is 7.11 Å². The van der Waals surface area contributed by atoms with Gasteiger partial charge in [-0.15, -0.1) is 0 Å². The minimum absolute atomic E-state index is 0.138. The molecule has 0 bridgehead atoms. The Balaban J connectivity index is 2.00. The van der Waals surface area contributed by atoms with Crippen molar-refractivity contribution in [2.24, 2.45) is 0 Å². The van der Waals surface area contributed by atoms with Crippen molar-refractivity contribution in [3.8, 4) is 5.75 Å². The third kappa shape index (κ3) is 2.90. The lowest BCUT2D eigenvalue weighted by atomic mass is 10.0. The van der Waals surface area contributed by atoms with Gasteiger partial charge in [-0.05, 0) is 37.0 Å². The van der Waals surface area contributed by atoms with Crippen LogP contribution in [0.3, 0.4) is 0 Å². The summed E-state index contributed by atoms with van der Waals surface area (Å²) in [7, 11) is 1.61. The number of ether oxygens (including phenoxy) is 1. The van der Waals surface area contributed by atoms with Crippen LogP contribution in [0.25, 0.3) is 5.57 Å². The number of methoxy groups -OCH3 is 1. The summed E-state index contributed by atoms with van der Waals surface area (Å²) in [5.41, 5.74) is 1.91. The molecule has 0 unspecified atom stereocenters. The smallest absolute Gasteiger partial charge is 0.277 e. The van der Waals surface area contributed by atoms with Crippen molar-refractivity contribution >= 4 is 17.4 Å². The van der Waals surface area contributed by atoms with E-state index in [4.69, 9.17) is 4.74 Å². The van der Waals surface area contributed by atoms with Crippen LogP contribution in [0.2, 0.25) is 0 Å². The number of likely N-dealkylation sites (tertiary alicyclic amines) is 1. The molecule has 2 heterocycles. The third-order valence-electron chi connectivity index (χ3n) is 4.68. The number of nitrogens with zero attached hydrogens (tertiary/aromatic N) is 2. The molecule has 0 aliphatic carbocycles. The quantitative estimate of drug-likeness (QED) is 0.753. The van der Waals surface area contributed by atoms with Gasteiger partial charge in [0, 0.05) is 19.6 Å². The number of carbonyl (C=O) groups is 2. The fourth-order valence-corrected chi connectivity index (χ4v) is 3.33. The van der Waals surface area contributed by atoms with Gasteiger partial charge in [-0.1, -0.05) is 25.5 Å². The Bertz CT molecular complexity index is 658. The minimum atomic E-state index is -0.166. The van der Waals surface area contributed by atoms with E-state index in [9.17, 15) is 9.59 Å². The molecule has 2 aliphatic heterocycles. The lowest BCUT2D eigenvalue weighted by Crippen LogP contribution is -2.35. The van der Waals surface area contributed by atoms with Gasteiger partial charge in [0.1, 0.15) is 11.4 Å². The van der Waals surface area contributed by atoms with Crippen molar-refractivity contribution in [1.29, 1.82) is 0 Å². The fourth-order valence-electron chi connectivity index (χ4n) is 3.33. The second kappa shape index (κ2) is 7.07. The molecular formula is C19H24N2O3. The Morgan fingerprint density at radius 2 is 1.71 bits per heavy atom. The summed E-state index contributed by atoms with van der Waals surface area (Å²) in [4.78, 5) is 29.3. The number of hydrogen-bond acceptors (Lipinski definition) is 4. The molecule has 1 aromatic rings. The summed E-state index contributed by atoms with van der Waals surface area (Å²) >= 11 is 0. The number of benzene rings is 1. The van der Waals surface area contributed by atoms with Crippen molar-refractivity contribution in [2.75, 3.05) is 26.7 Å². The number of carbonyl (C=O) groups excluding carboxylic acids is 2. The van der Waals surface area contributed by atoms with Crippen molar-refractivity contribution in [3.05, 3.63) is 35.5 Å². The molecule has 1 aromatic carbocycles. The Hall–Kier alpha value is -2.30. The molecule has 2 amide bonds. The molecule has 0 radical (unpaired) electrons. The highest BCUT2D eigenvalue weighted by atomic mass is 16.5. The first kappa shape index (κ1) is 16.6. The van der Waals surface area contributed by atoms with E-state index >= 15 is 0 Å². The summed E-state index contributed by atoms with van der Waals surface area (Å²) in [5.74, 6) is 0.434. The van der Waals surface area contributed by atoms with Gasteiger partial charge in [-0.25, -0.2) is 0 Å². The van der Waals surface area contributed by atoms with E-state index in [1.807, 2.05) is 24.3 Å². The SMILES string of the molecule is CCCCN1C(=O)C(c2ccc(OC)cc2)=C(N2CCCC2)C1=O. The van der Waals surface area contributed by atoms with E-state index in [-0.39, 0.29) is 11.8 Å². The number of unbranched alkanes of at least 4 members (excludes halogenated alkanes) is 1. The number of amides is 2. The van der Waals surface area contributed by atoms with Crippen LogP contribution < -0.4 is 4.74 Å². The highest BCUT2D eigenvalue weighted by Gasteiger charge is 2.41. The summed E-state index contributed by atoms with van der Waals surface area (Å²) in [5, 5.41) is 0. The second-order valence-electron chi connectivity index (χ2n) is 6.26. The molecule has 1 saturated heterocycles. The predicted molar refractivity (Wildman–Crippen MR) is 92.3 cm³/mol. The Morgan fingerprint density at radius 1 is 1.04 bits per heavy atom. The molecule has 0 atom stereocenters. The van der Waals surface area contributed by atoms with Crippen molar-refractivity contribution in [1.82, 2.24) is 9.80 Å². The first-order chi connectivity index (χ1) is 11.7. The number of imide groups is 1. The van der Waals surface area contributed by atoms with Crippen molar-refractivity contribution in [3.63, 3.8) is 0 Å². The monoisotopic (exact) mass is 328 g/mol. The Morgan fingerprint density at radius 3 is 2.29 bits per heavy atom. The molecule has 0 N–H and O–H groups in total. The molecule has 1 fully saturated rings. The third-order valence-corrected chi connectivity index (χ3v) is 4.68. The predicted octanol–water partition coefficient (Wildman–Crippen LogP) is 2.67. The van der Waals surface area contributed by atoms with Gasteiger partial charge in [0.2, 0.25) is 0 Å². The first-order valence-corrected chi connectivity index (χ1v) is 8.67. The maximum Gasteiger partial charge on any atom is 0.277 e. The van der Waals surface area contributed by atoms with E-state index in [0.717, 1.165) is 50.1 Å². The fraction of sp³-hybridized carbons (Fsp3) is 0.474. The molecular weight excluding hydrogens is 304 g/mol. The van der Waals surface area contributed by atoms with Crippen LogP contribution in [0.5, 0.6) is 5.75 Å². The lowest BCUT2D eigenvalue weighted by molar-refractivity contribution is -0.137. The van der Waals surface area contributed by atoms with Gasteiger partial charge in [-0.3, -0.25) is 14.5 Å². The average Bonchev–Trinajstić information content (AvgIpc) is 3.20. The Labute approximate surface area is 142 Å². The van der Waals surface area contributed by atoms with E-state index in [1.165, 1.54) is 4.90 Å². The standard InChI is InChI=1S/C19H24N2O3/c1-3-4-13-21-18(22)16(14-7-9-15(24-2)10-8-14)17(19(21)23)20-11-5-6-12-20/h7-10H,3-6,11-13H2,1-2H3. The highest BCUT2D eigenvalue weighted by molar-refractivity contribution is 6.35. The molecule has 128 valence electrons. The molecule has 0 saturated carbocycles. The van der Waals surface area contributed by atoms with E-state index in [0.29, 0.717) is 17.8 Å². The summed E-state index contributed by atoms with van der Waals surface area (Å²) < 4.78 is 5.19. The van der Waals surface area contributed by atoms with E-state index in [2.05, 4.69) is 11.8 Å². The maximum atomic E-state index is 12.9. The molecule has 5 nitrogen and oxygen atoms in total. The minimum Gasteiger partial charge on any atom is -0.497 e. The second-order valence-corrected chi connectivity index (χ2v) is 6.26. The van der Waals surface area contributed by atoms with Crippen LogP contribution in [0.4, 0.5) is 0 Å². The Kier molecular flexibility index (Phi) is 4.88.